The van der Waals surface area contributed by atoms with Crippen LogP contribution in [-0.4, -0.2) is 25.5 Å². The summed E-state index contributed by atoms with van der Waals surface area (Å²) in [5, 5.41) is 0. The highest BCUT2D eigenvalue weighted by Crippen LogP contribution is 2.35. The minimum atomic E-state index is -0.822. The van der Waals surface area contributed by atoms with Crippen LogP contribution in [0.5, 0.6) is 5.75 Å². The third-order valence-corrected chi connectivity index (χ3v) is 3.01. The van der Waals surface area contributed by atoms with Crippen LogP contribution in [0, 0.1) is 6.92 Å². The number of carbonyl (C=O) groups excluding carboxylic acids is 2. The van der Waals surface area contributed by atoms with Gasteiger partial charge in [-0.3, -0.25) is 4.79 Å². The molecule has 1 rings (SSSR count). The van der Waals surface area contributed by atoms with Crippen LogP contribution in [0.25, 0.3) is 0 Å². The fraction of sp³-hybridized carbons (Fsp3) is 0.500. The summed E-state index contributed by atoms with van der Waals surface area (Å²) in [5.74, 6) is -0.696. The number of esters is 1. The summed E-state index contributed by atoms with van der Waals surface area (Å²) in [7, 11) is 1.60. The van der Waals surface area contributed by atoms with E-state index in [-0.39, 0.29) is 12.0 Å². The van der Waals surface area contributed by atoms with E-state index >= 15 is 0 Å². The summed E-state index contributed by atoms with van der Waals surface area (Å²) >= 11 is 0. The van der Waals surface area contributed by atoms with E-state index in [0.29, 0.717) is 5.56 Å². The van der Waals surface area contributed by atoms with Crippen LogP contribution >= 0.6 is 0 Å². The van der Waals surface area contributed by atoms with Crippen molar-refractivity contribution in [2.45, 2.75) is 40.0 Å². The zero-order valence-electron chi connectivity index (χ0n) is 13.0. The molecule has 0 amide bonds. The molecule has 4 heteroatoms. The lowest BCUT2D eigenvalue weighted by atomic mass is 9.83. The molecule has 4 nitrogen and oxygen atoms in total. The molecule has 0 bridgehead atoms. The van der Waals surface area contributed by atoms with E-state index in [9.17, 15) is 9.59 Å². The molecule has 0 spiro atoms. The van der Waals surface area contributed by atoms with E-state index in [2.05, 4.69) is 0 Å². The zero-order valence-corrected chi connectivity index (χ0v) is 13.0. The van der Waals surface area contributed by atoms with Crippen LogP contribution in [0.15, 0.2) is 12.1 Å². The molecule has 0 fully saturated rings. The lowest BCUT2D eigenvalue weighted by molar-refractivity contribution is -0.137. The van der Waals surface area contributed by atoms with Crippen LogP contribution in [0.2, 0.25) is 0 Å². The maximum atomic E-state index is 12.1. The second-order valence-corrected chi connectivity index (χ2v) is 5.67. The normalized spacial score (nSPS) is 11.1. The van der Waals surface area contributed by atoms with Crippen molar-refractivity contribution in [3.8, 4) is 5.75 Å². The number of hydrogen-bond acceptors (Lipinski definition) is 4. The number of Topliss-reactive ketones (excluding diaryl/α,β-unsaturated/α-hetero) is 1. The smallest absolute Gasteiger partial charge is 0.379 e. The fourth-order valence-corrected chi connectivity index (χ4v) is 2.05. The van der Waals surface area contributed by atoms with Gasteiger partial charge >= 0.3 is 5.97 Å². The molecular formula is C16H22O4. The predicted octanol–water partition coefficient (Wildman–Crippen LogP) is 3.05. The molecule has 0 radical (unpaired) electrons. The molecule has 0 aromatic heterocycles. The van der Waals surface area contributed by atoms with Crippen LogP contribution < -0.4 is 4.74 Å². The average molecular weight is 278 g/mol. The highest BCUT2D eigenvalue weighted by Gasteiger charge is 2.25. The number of aryl methyl sites for hydroxylation is 1. The second-order valence-electron chi connectivity index (χ2n) is 5.67. The maximum Gasteiger partial charge on any atom is 0.379 e. The van der Waals surface area contributed by atoms with Gasteiger partial charge in [0.05, 0.1) is 13.7 Å². The summed E-state index contributed by atoms with van der Waals surface area (Å²) in [6.07, 6.45) is 0. The van der Waals surface area contributed by atoms with E-state index in [0.717, 1.165) is 16.9 Å². The molecule has 1 aromatic rings. The van der Waals surface area contributed by atoms with Gasteiger partial charge in [-0.1, -0.05) is 20.8 Å². The van der Waals surface area contributed by atoms with Gasteiger partial charge in [0.1, 0.15) is 5.75 Å². The Morgan fingerprint density at radius 2 is 1.80 bits per heavy atom. The Morgan fingerprint density at radius 3 is 2.25 bits per heavy atom. The predicted molar refractivity (Wildman–Crippen MR) is 77.4 cm³/mol. The number of methoxy groups -OCH3 is 1. The largest absolute Gasteiger partial charge is 0.496 e. The number of carbonyl (C=O) groups is 2. The zero-order chi connectivity index (χ0) is 15.5. The van der Waals surface area contributed by atoms with Crippen molar-refractivity contribution < 1.29 is 19.1 Å². The third kappa shape index (κ3) is 3.38. The van der Waals surface area contributed by atoms with Crippen molar-refractivity contribution in [1.29, 1.82) is 0 Å². The van der Waals surface area contributed by atoms with Crippen molar-refractivity contribution in [2.75, 3.05) is 13.7 Å². The Hall–Kier alpha value is -1.84. The average Bonchev–Trinajstić information content (AvgIpc) is 2.36. The van der Waals surface area contributed by atoms with Crippen LogP contribution in [0.3, 0.4) is 0 Å². The van der Waals surface area contributed by atoms with Gasteiger partial charge in [-0.2, -0.15) is 0 Å². The SMILES string of the molecule is CCOC(=O)C(=O)c1cc(C)c(OC)c(C(C)(C)C)c1. The molecule has 0 saturated carbocycles. The van der Waals surface area contributed by atoms with E-state index in [1.807, 2.05) is 27.7 Å². The van der Waals surface area contributed by atoms with Crippen LogP contribution in [0.1, 0.15) is 49.2 Å². The van der Waals surface area contributed by atoms with Gasteiger partial charge in [-0.05, 0) is 37.0 Å². The van der Waals surface area contributed by atoms with Crippen molar-refractivity contribution >= 4 is 11.8 Å². The molecule has 0 aliphatic rings. The van der Waals surface area contributed by atoms with Gasteiger partial charge in [-0.25, -0.2) is 4.79 Å². The number of rotatable bonds is 4. The maximum absolute atomic E-state index is 12.1. The molecule has 20 heavy (non-hydrogen) atoms. The number of benzene rings is 1. The first kappa shape index (κ1) is 16.2. The quantitative estimate of drug-likeness (QED) is 0.482. The molecule has 0 aliphatic carbocycles. The van der Waals surface area contributed by atoms with Gasteiger partial charge in [0.25, 0.3) is 5.78 Å². The Kier molecular flexibility index (Phi) is 4.93. The van der Waals surface area contributed by atoms with E-state index < -0.39 is 11.8 Å². The first-order valence-corrected chi connectivity index (χ1v) is 6.63. The van der Waals surface area contributed by atoms with Gasteiger partial charge in [-0.15, -0.1) is 0 Å². The Bertz CT molecular complexity index is 524. The lowest BCUT2D eigenvalue weighted by Gasteiger charge is -2.24. The molecule has 0 unspecified atom stereocenters. The van der Waals surface area contributed by atoms with E-state index in [4.69, 9.17) is 9.47 Å². The summed E-state index contributed by atoms with van der Waals surface area (Å²) in [6.45, 7) is 9.81. The van der Waals surface area contributed by atoms with Gasteiger partial charge in [0, 0.05) is 11.1 Å². The van der Waals surface area contributed by atoms with E-state index in [1.54, 1.807) is 26.2 Å². The van der Waals surface area contributed by atoms with Gasteiger partial charge in [0.15, 0.2) is 0 Å². The standard InChI is InChI=1S/C16H22O4/c1-7-20-15(18)13(17)11-8-10(2)14(19-6)12(9-11)16(3,4)5/h8-9H,7H2,1-6H3. The van der Waals surface area contributed by atoms with Gasteiger partial charge in [0.2, 0.25) is 0 Å². The van der Waals surface area contributed by atoms with Gasteiger partial charge < -0.3 is 9.47 Å². The third-order valence-electron chi connectivity index (χ3n) is 3.01. The number of ketones is 1. The summed E-state index contributed by atoms with van der Waals surface area (Å²) in [5.41, 5.74) is 1.87. The molecule has 1 aromatic carbocycles. The Morgan fingerprint density at radius 1 is 1.20 bits per heavy atom. The fourth-order valence-electron chi connectivity index (χ4n) is 2.05. The summed E-state index contributed by atoms with van der Waals surface area (Å²) < 4.78 is 10.2. The molecular weight excluding hydrogens is 256 g/mol. The Balaban J connectivity index is 3.35. The molecule has 0 atom stereocenters. The highest BCUT2D eigenvalue weighted by atomic mass is 16.5. The molecule has 0 heterocycles. The Labute approximate surface area is 120 Å². The number of ether oxygens (including phenoxy) is 2. The number of hydrogen-bond donors (Lipinski definition) is 0. The van der Waals surface area contributed by atoms with E-state index in [1.165, 1.54) is 0 Å². The monoisotopic (exact) mass is 278 g/mol. The summed E-state index contributed by atoms with van der Waals surface area (Å²) in [4.78, 5) is 23.6. The first-order valence-electron chi connectivity index (χ1n) is 6.63. The van der Waals surface area contributed by atoms with Crippen molar-refractivity contribution in [2.24, 2.45) is 0 Å². The molecule has 0 saturated heterocycles. The highest BCUT2D eigenvalue weighted by molar-refractivity contribution is 6.40. The van der Waals surface area contributed by atoms with Crippen molar-refractivity contribution in [3.63, 3.8) is 0 Å². The summed E-state index contributed by atoms with van der Waals surface area (Å²) in [6, 6.07) is 3.37. The molecule has 0 N–H and O–H groups in total. The minimum Gasteiger partial charge on any atom is -0.496 e. The first-order chi connectivity index (χ1) is 9.22. The van der Waals surface area contributed by atoms with Crippen molar-refractivity contribution in [1.82, 2.24) is 0 Å². The lowest BCUT2D eigenvalue weighted by Crippen LogP contribution is -2.20. The second kappa shape index (κ2) is 6.07. The topological polar surface area (TPSA) is 52.6 Å². The van der Waals surface area contributed by atoms with Crippen molar-refractivity contribution in [3.05, 3.63) is 28.8 Å². The van der Waals surface area contributed by atoms with Crippen LogP contribution in [-0.2, 0) is 14.9 Å². The van der Waals surface area contributed by atoms with Crippen LogP contribution in [0.4, 0.5) is 0 Å². The molecule has 0 aliphatic heterocycles. The minimum absolute atomic E-state index is 0.186. The molecule has 110 valence electrons.